The average molecular weight is 298 g/mol. The van der Waals surface area contributed by atoms with Crippen LogP contribution in [-0.2, 0) is 0 Å². The van der Waals surface area contributed by atoms with Crippen molar-refractivity contribution in [2.45, 2.75) is 32.7 Å². The van der Waals surface area contributed by atoms with E-state index >= 15 is 0 Å². The Balaban J connectivity index is 2.97. The van der Waals surface area contributed by atoms with Crippen molar-refractivity contribution in [1.29, 1.82) is 0 Å². The SMILES string of the molecule is CC#CCC(NCCC)c1c(F)cccc1Br. The summed E-state index contributed by atoms with van der Waals surface area (Å²) in [4.78, 5) is 0. The van der Waals surface area contributed by atoms with E-state index in [1.54, 1.807) is 13.0 Å². The summed E-state index contributed by atoms with van der Waals surface area (Å²) < 4.78 is 14.6. The van der Waals surface area contributed by atoms with Crippen molar-refractivity contribution in [3.63, 3.8) is 0 Å². The van der Waals surface area contributed by atoms with Crippen molar-refractivity contribution in [3.05, 3.63) is 34.1 Å². The van der Waals surface area contributed by atoms with Gasteiger partial charge in [0.25, 0.3) is 0 Å². The van der Waals surface area contributed by atoms with E-state index in [0.717, 1.165) is 17.4 Å². The first kappa shape index (κ1) is 14.2. The topological polar surface area (TPSA) is 12.0 Å². The molecule has 0 spiro atoms. The van der Waals surface area contributed by atoms with Crippen LogP contribution in [0.2, 0.25) is 0 Å². The van der Waals surface area contributed by atoms with Gasteiger partial charge in [-0.3, -0.25) is 0 Å². The third kappa shape index (κ3) is 4.14. The van der Waals surface area contributed by atoms with Gasteiger partial charge in [-0.25, -0.2) is 4.39 Å². The summed E-state index contributed by atoms with van der Waals surface area (Å²) in [6.07, 6.45) is 1.64. The third-order valence-electron chi connectivity index (χ3n) is 2.47. The molecule has 0 saturated heterocycles. The standard InChI is InChI=1S/C14H17BrFN/c1-3-5-9-13(17-10-4-2)14-11(15)7-6-8-12(14)16/h6-8,13,17H,4,9-10H2,1-2H3. The van der Waals surface area contributed by atoms with Crippen LogP contribution >= 0.6 is 15.9 Å². The van der Waals surface area contributed by atoms with Crippen LogP contribution in [0.3, 0.4) is 0 Å². The van der Waals surface area contributed by atoms with E-state index in [0.29, 0.717) is 12.0 Å². The summed E-state index contributed by atoms with van der Waals surface area (Å²) in [5, 5.41) is 3.33. The molecule has 0 fully saturated rings. The normalized spacial score (nSPS) is 11.8. The van der Waals surface area contributed by atoms with Gasteiger partial charge in [0, 0.05) is 22.5 Å². The van der Waals surface area contributed by atoms with E-state index in [1.165, 1.54) is 6.07 Å². The molecule has 1 aromatic carbocycles. The second-order valence-electron chi connectivity index (χ2n) is 3.77. The van der Waals surface area contributed by atoms with E-state index in [-0.39, 0.29) is 11.9 Å². The monoisotopic (exact) mass is 297 g/mol. The molecule has 0 aliphatic rings. The van der Waals surface area contributed by atoms with Crippen LogP contribution in [0.5, 0.6) is 0 Å². The molecule has 0 bridgehead atoms. The van der Waals surface area contributed by atoms with Crippen LogP contribution in [0.1, 0.15) is 38.3 Å². The molecule has 0 aliphatic carbocycles. The lowest BCUT2D eigenvalue weighted by atomic mass is 10.0. The number of hydrogen-bond donors (Lipinski definition) is 1. The van der Waals surface area contributed by atoms with Crippen molar-refractivity contribution >= 4 is 15.9 Å². The Bertz CT molecular complexity index is 400. The maximum atomic E-state index is 13.8. The van der Waals surface area contributed by atoms with Gasteiger partial charge in [0.05, 0.1) is 0 Å². The molecule has 1 N–H and O–H groups in total. The molecule has 1 rings (SSSR count). The molecule has 92 valence electrons. The van der Waals surface area contributed by atoms with Gasteiger partial charge >= 0.3 is 0 Å². The first-order valence-electron chi connectivity index (χ1n) is 5.77. The molecule has 1 aromatic rings. The maximum absolute atomic E-state index is 13.8. The minimum absolute atomic E-state index is 0.0574. The average Bonchev–Trinajstić information content (AvgIpc) is 2.31. The summed E-state index contributed by atoms with van der Waals surface area (Å²) in [5.74, 6) is 5.68. The molecular weight excluding hydrogens is 281 g/mol. The Kier molecular flexibility index (Phi) is 6.25. The molecule has 1 nitrogen and oxygen atoms in total. The molecule has 17 heavy (non-hydrogen) atoms. The molecule has 1 unspecified atom stereocenters. The van der Waals surface area contributed by atoms with Gasteiger partial charge in [-0.05, 0) is 32.0 Å². The summed E-state index contributed by atoms with van der Waals surface area (Å²) in [6.45, 7) is 4.75. The van der Waals surface area contributed by atoms with Gasteiger partial charge in [-0.2, -0.15) is 0 Å². The number of halogens is 2. The highest BCUT2D eigenvalue weighted by Crippen LogP contribution is 2.28. The number of nitrogens with one attached hydrogen (secondary N) is 1. The minimum Gasteiger partial charge on any atom is -0.309 e. The molecule has 0 aromatic heterocycles. The minimum atomic E-state index is -0.189. The zero-order valence-corrected chi connectivity index (χ0v) is 11.8. The summed E-state index contributed by atoms with van der Waals surface area (Å²) >= 11 is 3.40. The quantitative estimate of drug-likeness (QED) is 0.809. The lowest BCUT2D eigenvalue weighted by Crippen LogP contribution is -2.23. The van der Waals surface area contributed by atoms with Gasteiger partial charge in [0.15, 0.2) is 0 Å². The second-order valence-corrected chi connectivity index (χ2v) is 4.63. The predicted molar refractivity (Wildman–Crippen MR) is 73.2 cm³/mol. The fraction of sp³-hybridized carbons (Fsp3) is 0.429. The Morgan fingerprint density at radius 2 is 2.24 bits per heavy atom. The van der Waals surface area contributed by atoms with Crippen molar-refractivity contribution in [2.75, 3.05) is 6.54 Å². The van der Waals surface area contributed by atoms with Gasteiger partial charge in [0.2, 0.25) is 0 Å². The van der Waals surface area contributed by atoms with E-state index in [9.17, 15) is 4.39 Å². The number of hydrogen-bond acceptors (Lipinski definition) is 1. The van der Waals surface area contributed by atoms with E-state index in [2.05, 4.69) is 40.0 Å². The van der Waals surface area contributed by atoms with E-state index in [4.69, 9.17) is 0 Å². The Labute approximate surface area is 111 Å². The predicted octanol–water partition coefficient (Wildman–Crippen LogP) is 4.04. The molecule has 3 heteroatoms. The summed E-state index contributed by atoms with van der Waals surface area (Å²) in [5.41, 5.74) is 0.670. The van der Waals surface area contributed by atoms with Gasteiger partial charge in [-0.15, -0.1) is 11.8 Å². The van der Waals surface area contributed by atoms with Crippen molar-refractivity contribution in [2.24, 2.45) is 0 Å². The summed E-state index contributed by atoms with van der Waals surface area (Å²) in [6, 6.07) is 4.99. The molecule has 1 atom stereocenters. The fourth-order valence-electron chi connectivity index (χ4n) is 1.64. The molecular formula is C14H17BrFN. The van der Waals surface area contributed by atoms with Crippen LogP contribution in [0.4, 0.5) is 4.39 Å². The highest BCUT2D eigenvalue weighted by atomic mass is 79.9. The van der Waals surface area contributed by atoms with Gasteiger partial charge in [0.1, 0.15) is 5.82 Å². The zero-order chi connectivity index (χ0) is 12.7. The molecule has 0 aliphatic heterocycles. The van der Waals surface area contributed by atoms with Crippen LogP contribution in [-0.4, -0.2) is 6.54 Å². The van der Waals surface area contributed by atoms with Crippen LogP contribution in [0, 0.1) is 17.7 Å². The molecule has 0 radical (unpaired) electrons. The highest BCUT2D eigenvalue weighted by Gasteiger charge is 2.16. The first-order valence-corrected chi connectivity index (χ1v) is 6.56. The first-order chi connectivity index (χ1) is 8.20. The third-order valence-corrected chi connectivity index (χ3v) is 3.16. The fourth-order valence-corrected chi connectivity index (χ4v) is 2.26. The van der Waals surface area contributed by atoms with E-state index in [1.807, 2.05) is 6.07 Å². The van der Waals surface area contributed by atoms with Crippen molar-refractivity contribution in [1.82, 2.24) is 5.32 Å². The Morgan fingerprint density at radius 3 is 2.82 bits per heavy atom. The molecule has 0 saturated carbocycles. The Hall–Kier alpha value is -0.850. The van der Waals surface area contributed by atoms with E-state index < -0.39 is 0 Å². The zero-order valence-electron chi connectivity index (χ0n) is 10.2. The number of rotatable bonds is 5. The van der Waals surface area contributed by atoms with Crippen molar-refractivity contribution < 1.29 is 4.39 Å². The lowest BCUT2D eigenvalue weighted by Gasteiger charge is -2.18. The second kappa shape index (κ2) is 7.47. The van der Waals surface area contributed by atoms with Crippen LogP contribution in [0.25, 0.3) is 0 Å². The Morgan fingerprint density at radius 1 is 1.47 bits per heavy atom. The van der Waals surface area contributed by atoms with Gasteiger partial charge < -0.3 is 5.32 Å². The largest absolute Gasteiger partial charge is 0.309 e. The van der Waals surface area contributed by atoms with Gasteiger partial charge in [-0.1, -0.05) is 28.9 Å². The van der Waals surface area contributed by atoms with Crippen molar-refractivity contribution in [3.8, 4) is 11.8 Å². The maximum Gasteiger partial charge on any atom is 0.129 e. The smallest absolute Gasteiger partial charge is 0.129 e. The molecule has 0 heterocycles. The lowest BCUT2D eigenvalue weighted by molar-refractivity contribution is 0.505. The molecule has 0 amide bonds. The number of benzene rings is 1. The van der Waals surface area contributed by atoms with Crippen LogP contribution in [0.15, 0.2) is 22.7 Å². The summed E-state index contributed by atoms with van der Waals surface area (Å²) in [7, 11) is 0. The van der Waals surface area contributed by atoms with Crippen LogP contribution < -0.4 is 5.32 Å². The highest BCUT2D eigenvalue weighted by molar-refractivity contribution is 9.10.